The van der Waals surface area contributed by atoms with Crippen LogP contribution in [0.25, 0.3) is 0 Å². The second-order valence-corrected chi connectivity index (χ2v) is 5.15. The first-order chi connectivity index (χ1) is 9.97. The van der Waals surface area contributed by atoms with Crippen molar-refractivity contribution in [2.45, 2.75) is 13.0 Å². The summed E-state index contributed by atoms with van der Waals surface area (Å²) in [5.74, 6) is -0.312. The highest BCUT2D eigenvalue weighted by Crippen LogP contribution is 2.37. The molecule has 0 aromatic heterocycles. The molecular weight excluding hydrogens is 268 g/mol. The molecule has 0 radical (unpaired) electrons. The van der Waals surface area contributed by atoms with Crippen LogP contribution >= 0.6 is 0 Å². The van der Waals surface area contributed by atoms with Gasteiger partial charge in [-0.2, -0.15) is 5.26 Å². The molecule has 0 aliphatic carbocycles. The molecule has 0 saturated heterocycles. The molecule has 0 saturated carbocycles. The molecule has 0 fully saturated rings. The lowest BCUT2D eigenvalue weighted by Gasteiger charge is -2.20. The van der Waals surface area contributed by atoms with E-state index in [1.54, 1.807) is 0 Å². The number of anilines is 1. The number of rotatable bonds is 4. The number of carbonyl (C=O) groups is 2. The maximum Gasteiger partial charge on any atom is 0.257 e. The zero-order valence-electron chi connectivity index (χ0n) is 12.4. The van der Waals surface area contributed by atoms with Gasteiger partial charge in [-0.15, -0.1) is 0 Å². The lowest BCUT2D eigenvalue weighted by atomic mass is 10.0. The molecule has 2 amide bonds. The Hall–Kier alpha value is -2.55. The van der Waals surface area contributed by atoms with Crippen molar-refractivity contribution in [3.8, 4) is 6.07 Å². The Morgan fingerprint density at radius 1 is 1.48 bits per heavy atom. The third kappa shape index (κ3) is 2.68. The smallest absolute Gasteiger partial charge is 0.257 e. The first-order valence-corrected chi connectivity index (χ1v) is 6.72. The Kier molecular flexibility index (Phi) is 4.13. The van der Waals surface area contributed by atoms with E-state index in [0.717, 1.165) is 11.3 Å². The van der Waals surface area contributed by atoms with Crippen molar-refractivity contribution >= 4 is 17.5 Å². The number of benzene rings is 1. The summed E-state index contributed by atoms with van der Waals surface area (Å²) in [5, 5.41) is 12.0. The summed E-state index contributed by atoms with van der Waals surface area (Å²) in [6, 6.07) is 7.11. The number of hydrogen-bond acceptors (Lipinski definition) is 4. The van der Waals surface area contributed by atoms with E-state index in [-0.39, 0.29) is 11.8 Å². The van der Waals surface area contributed by atoms with Gasteiger partial charge in [-0.1, -0.05) is 12.1 Å². The summed E-state index contributed by atoms with van der Waals surface area (Å²) < 4.78 is 0. The second-order valence-electron chi connectivity index (χ2n) is 5.15. The van der Waals surface area contributed by atoms with Gasteiger partial charge >= 0.3 is 0 Å². The van der Waals surface area contributed by atoms with E-state index in [1.165, 1.54) is 11.8 Å². The van der Waals surface area contributed by atoms with Crippen molar-refractivity contribution in [3.63, 3.8) is 0 Å². The molecule has 0 spiro atoms. The highest BCUT2D eigenvalue weighted by molar-refractivity contribution is 6.04. The number of amides is 2. The monoisotopic (exact) mass is 286 g/mol. The van der Waals surface area contributed by atoms with E-state index in [0.29, 0.717) is 18.7 Å². The molecular formula is C15H18N4O2. The molecule has 6 heteroatoms. The maximum absolute atomic E-state index is 12.6. The topological polar surface area (TPSA) is 76.4 Å². The quantitative estimate of drug-likeness (QED) is 0.892. The summed E-state index contributed by atoms with van der Waals surface area (Å²) >= 11 is 0. The van der Waals surface area contributed by atoms with E-state index >= 15 is 0 Å². The molecule has 110 valence electrons. The van der Waals surface area contributed by atoms with Crippen molar-refractivity contribution in [3.05, 3.63) is 29.3 Å². The summed E-state index contributed by atoms with van der Waals surface area (Å²) in [6.45, 7) is 2.08. The van der Waals surface area contributed by atoms with Crippen LogP contribution in [0.2, 0.25) is 0 Å². The molecule has 1 aliphatic rings. The lowest BCUT2D eigenvalue weighted by molar-refractivity contribution is -0.119. The molecule has 0 bridgehead atoms. The number of carbonyl (C=O) groups excluding carboxylic acids is 2. The van der Waals surface area contributed by atoms with E-state index in [2.05, 4.69) is 11.4 Å². The summed E-state index contributed by atoms with van der Waals surface area (Å²) in [4.78, 5) is 26.9. The molecule has 1 atom stereocenters. The van der Waals surface area contributed by atoms with Gasteiger partial charge in [0, 0.05) is 45.4 Å². The largest absolute Gasteiger partial charge is 0.377 e. The van der Waals surface area contributed by atoms with Crippen molar-refractivity contribution in [2.24, 2.45) is 0 Å². The van der Waals surface area contributed by atoms with Gasteiger partial charge in [-0.05, 0) is 6.07 Å². The van der Waals surface area contributed by atoms with Crippen LogP contribution in [-0.2, 0) is 4.79 Å². The van der Waals surface area contributed by atoms with Gasteiger partial charge < -0.3 is 15.1 Å². The predicted molar refractivity (Wildman–Crippen MR) is 78.8 cm³/mol. The SMILES string of the molecule is CC(=O)NCCN1C(=O)c2c(cccc2N(C)C)C1C#N. The Labute approximate surface area is 123 Å². The summed E-state index contributed by atoms with van der Waals surface area (Å²) in [6.07, 6.45) is 0. The minimum atomic E-state index is -0.596. The molecule has 1 aromatic rings. The van der Waals surface area contributed by atoms with Gasteiger partial charge in [0.15, 0.2) is 0 Å². The van der Waals surface area contributed by atoms with Crippen LogP contribution in [0.3, 0.4) is 0 Å². The summed E-state index contributed by atoms with van der Waals surface area (Å²) in [7, 11) is 3.73. The van der Waals surface area contributed by atoms with Crippen molar-refractivity contribution < 1.29 is 9.59 Å². The van der Waals surface area contributed by atoms with Gasteiger partial charge in [0.25, 0.3) is 5.91 Å². The fourth-order valence-corrected chi connectivity index (χ4v) is 2.54. The standard InChI is InChI=1S/C15H18N4O2/c1-10(20)17-7-8-19-13(9-16)11-5-4-6-12(18(2)3)14(11)15(19)21/h4-6,13H,7-8H2,1-3H3,(H,17,20). The lowest BCUT2D eigenvalue weighted by Crippen LogP contribution is -2.36. The minimum absolute atomic E-state index is 0.151. The van der Waals surface area contributed by atoms with Crippen LogP contribution in [0.1, 0.15) is 28.9 Å². The highest BCUT2D eigenvalue weighted by atomic mass is 16.2. The number of nitrogens with zero attached hydrogens (tertiary/aromatic N) is 3. The van der Waals surface area contributed by atoms with Crippen LogP contribution in [0, 0.1) is 11.3 Å². The molecule has 1 aliphatic heterocycles. The average molecular weight is 286 g/mol. The van der Waals surface area contributed by atoms with Gasteiger partial charge in [0.1, 0.15) is 6.04 Å². The van der Waals surface area contributed by atoms with Crippen LogP contribution < -0.4 is 10.2 Å². The highest BCUT2D eigenvalue weighted by Gasteiger charge is 2.38. The molecule has 21 heavy (non-hydrogen) atoms. The van der Waals surface area contributed by atoms with Crippen molar-refractivity contribution in [2.75, 3.05) is 32.1 Å². The summed E-state index contributed by atoms with van der Waals surface area (Å²) in [5.41, 5.74) is 2.12. The number of fused-ring (bicyclic) bond motifs is 1. The Bertz CT molecular complexity index is 619. The Morgan fingerprint density at radius 2 is 2.19 bits per heavy atom. The van der Waals surface area contributed by atoms with Crippen molar-refractivity contribution in [1.82, 2.24) is 10.2 Å². The van der Waals surface area contributed by atoms with Crippen LogP contribution in [0.4, 0.5) is 5.69 Å². The molecule has 1 N–H and O–H groups in total. The van der Waals surface area contributed by atoms with Gasteiger partial charge in [-0.25, -0.2) is 0 Å². The third-order valence-corrected chi connectivity index (χ3v) is 3.49. The molecule has 1 unspecified atom stereocenters. The first kappa shape index (κ1) is 14.9. The Balaban J connectivity index is 2.32. The molecule has 2 rings (SSSR count). The number of nitrogens with one attached hydrogen (secondary N) is 1. The number of nitriles is 1. The van der Waals surface area contributed by atoms with Crippen LogP contribution in [0.15, 0.2) is 18.2 Å². The van der Waals surface area contributed by atoms with Crippen LogP contribution in [0.5, 0.6) is 0 Å². The van der Waals surface area contributed by atoms with E-state index in [4.69, 9.17) is 0 Å². The second kappa shape index (κ2) is 5.83. The minimum Gasteiger partial charge on any atom is -0.377 e. The van der Waals surface area contributed by atoms with E-state index < -0.39 is 6.04 Å². The molecule has 1 aromatic carbocycles. The Morgan fingerprint density at radius 3 is 2.76 bits per heavy atom. The van der Waals surface area contributed by atoms with E-state index in [1.807, 2.05) is 37.2 Å². The number of hydrogen-bond donors (Lipinski definition) is 1. The normalized spacial score (nSPS) is 16.4. The first-order valence-electron chi connectivity index (χ1n) is 6.72. The van der Waals surface area contributed by atoms with Gasteiger partial charge in [0.05, 0.1) is 11.6 Å². The zero-order valence-corrected chi connectivity index (χ0v) is 12.4. The average Bonchev–Trinajstić information content (AvgIpc) is 2.71. The molecule has 6 nitrogen and oxygen atoms in total. The fraction of sp³-hybridized carbons (Fsp3) is 0.400. The third-order valence-electron chi connectivity index (χ3n) is 3.49. The molecule has 1 heterocycles. The van der Waals surface area contributed by atoms with Gasteiger partial charge in [-0.3, -0.25) is 9.59 Å². The predicted octanol–water partition coefficient (Wildman–Crippen LogP) is 0.909. The zero-order chi connectivity index (χ0) is 15.6. The van der Waals surface area contributed by atoms with Crippen LogP contribution in [-0.4, -0.2) is 43.9 Å². The fourth-order valence-electron chi connectivity index (χ4n) is 2.54. The van der Waals surface area contributed by atoms with E-state index in [9.17, 15) is 14.9 Å². The van der Waals surface area contributed by atoms with Crippen molar-refractivity contribution in [1.29, 1.82) is 5.26 Å². The van der Waals surface area contributed by atoms with Gasteiger partial charge in [0.2, 0.25) is 5.91 Å². The maximum atomic E-state index is 12.6.